The number of aromatic nitrogens is 6. The molecule has 0 spiro atoms. The molecule has 4 heterocycles. The Bertz CT molecular complexity index is 3240. The van der Waals surface area contributed by atoms with E-state index in [9.17, 15) is 0 Å². The Hall–Kier alpha value is -7.96. The molecule has 0 bridgehead atoms. The van der Waals surface area contributed by atoms with E-state index >= 15 is 0 Å². The second kappa shape index (κ2) is 14.0. The largest absolute Gasteiger partial charge is 0.277 e. The molecule has 0 aliphatic rings. The van der Waals surface area contributed by atoms with Gasteiger partial charge in [0.25, 0.3) is 0 Å². The molecule has 0 saturated heterocycles. The van der Waals surface area contributed by atoms with Gasteiger partial charge in [0.05, 0.1) is 5.69 Å². The van der Waals surface area contributed by atoms with Gasteiger partial charge < -0.3 is 0 Å². The van der Waals surface area contributed by atoms with Crippen LogP contribution in [0.15, 0.2) is 206 Å². The molecule has 0 aliphatic carbocycles. The third-order valence-electron chi connectivity index (χ3n) is 10.8. The SMILES string of the molecule is c1ccc(-c2ccnc3c2nc(-c2ccc(-c4cccc(-c5nc(-c6ccccc6)n6c(-c7ccccc7)c7ccccc7c6n5)c4)cc2)n3-c2ccccc2)cc1. The number of nitrogens with zero attached hydrogens (tertiary/aromatic N) is 6. The Morgan fingerprint density at radius 3 is 1.66 bits per heavy atom. The Morgan fingerprint density at radius 2 is 0.931 bits per heavy atom. The van der Waals surface area contributed by atoms with Crippen LogP contribution in [-0.2, 0) is 0 Å². The highest BCUT2D eigenvalue weighted by Crippen LogP contribution is 2.39. The quantitative estimate of drug-likeness (QED) is 0.163. The fraction of sp³-hybridized carbons (Fsp3) is 0. The lowest BCUT2D eigenvalue weighted by Gasteiger charge is -2.13. The van der Waals surface area contributed by atoms with Crippen LogP contribution in [0.25, 0.3) is 101 Å². The maximum Gasteiger partial charge on any atom is 0.165 e. The van der Waals surface area contributed by atoms with Gasteiger partial charge in [-0.3, -0.25) is 8.97 Å². The molecule has 0 aliphatic heterocycles. The van der Waals surface area contributed by atoms with Gasteiger partial charge in [0, 0.05) is 44.9 Å². The van der Waals surface area contributed by atoms with E-state index < -0.39 is 0 Å². The molecule has 0 amide bonds. The zero-order valence-corrected chi connectivity index (χ0v) is 31.3. The molecule has 11 rings (SSSR count). The number of hydrogen-bond donors (Lipinski definition) is 0. The van der Waals surface area contributed by atoms with Crippen LogP contribution in [0.5, 0.6) is 0 Å². The summed E-state index contributed by atoms with van der Waals surface area (Å²) in [4.78, 5) is 20.8. The van der Waals surface area contributed by atoms with Crippen molar-refractivity contribution in [1.82, 2.24) is 28.9 Å². The van der Waals surface area contributed by atoms with Gasteiger partial charge in [-0.2, -0.15) is 0 Å². The first-order valence-corrected chi connectivity index (χ1v) is 19.4. The highest BCUT2D eigenvalue weighted by Gasteiger charge is 2.22. The van der Waals surface area contributed by atoms with Crippen molar-refractivity contribution in [2.24, 2.45) is 0 Å². The van der Waals surface area contributed by atoms with Crippen molar-refractivity contribution in [1.29, 1.82) is 0 Å². The predicted molar refractivity (Wildman–Crippen MR) is 236 cm³/mol. The third-order valence-corrected chi connectivity index (χ3v) is 10.8. The average Bonchev–Trinajstić information content (AvgIpc) is 3.87. The minimum absolute atomic E-state index is 0.672. The zero-order valence-electron chi connectivity index (χ0n) is 31.3. The molecule has 0 fully saturated rings. The first-order chi connectivity index (χ1) is 28.8. The second-order valence-corrected chi connectivity index (χ2v) is 14.3. The number of benzene rings is 7. The summed E-state index contributed by atoms with van der Waals surface area (Å²) in [6.07, 6.45) is 1.87. The number of pyridine rings is 1. The van der Waals surface area contributed by atoms with Crippen molar-refractivity contribution >= 4 is 27.6 Å². The van der Waals surface area contributed by atoms with Gasteiger partial charge in [0.15, 0.2) is 11.5 Å². The maximum absolute atomic E-state index is 5.33. The van der Waals surface area contributed by atoms with E-state index in [-0.39, 0.29) is 0 Å². The summed E-state index contributed by atoms with van der Waals surface area (Å²) in [6.45, 7) is 0. The second-order valence-electron chi connectivity index (χ2n) is 14.3. The van der Waals surface area contributed by atoms with Crippen LogP contribution in [0.4, 0.5) is 0 Å². The van der Waals surface area contributed by atoms with Gasteiger partial charge in [0.2, 0.25) is 0 Å². The topological polar surface area (TPSA) is 60.9 Å². The molecule has 4 aromatic heterocycles. The number of hydrogen-bond acceptors (Lipinski definition) is 4. The van der Waals surface area contributed by atoms with Gasteiger partial charge in [-0.25, -0.2) is 19.9 Å². The van der Waals surface area contributed by atoms with Crippen molar-refractivity contribution in [3.05, 3.63) is 206 Å². The van der Waals surface area contributed by atoms with E-state index in [4.69, 9.17) is 19.9 Å². The summed E-state index contributed by atoms with van der Waals surface area (Å²) in [5.74, 6) is 2.35. The van der Waals surface area contributed by atoms with E-state index in [1.165, 1.54) is 0 Å². The van der Waals surface area contributed by atoms with E-state index in [1.54, 1.807) is 0 Å². The Morgan fingerprint density at radius 1 is 0.362 bits per heavy atom. The molecule has 272 valence electrons. The van der Waals surface area contributed by atoms with Gasteiger partial charge in [-0.05, 0) is 46.5 Å². The van der Waals surface area contributed by atoms with E-state index in [2.05, 4.69) is 173 Å². The Balaban J connectivity index is 1.03. The normalized spacial score (nSPS) is 11.4. The molecular formula is C52H34N6. The smallest absolute Gasteiger partial charge is 0.165 e. The van der Waals surface area contributed by atoms with Gasteiger partial charge in [0.1, 0.15) is 22.8 Å². The lowest BCUT2D eigenvalue weighted by molar-refractivity contribution is 1.05. The fourth-order valence-corrected chi connectivity index (χ4v) is 8.10. The van der Waals surface area contributed by atoms with Crippen LogP contribution in [0.3, 0.4) is 0 Å². The minimum Gasteiger partial charge on any atom is -0.277 e. The molecular weight excluding hydrogens is 709 g/mol. The lowest BCUT2D eigenvalue weighted by atomic mass is 10.0. The summed E-state index contributed by atoms with van der Waals surface area (Å²) in [7, 11) is 0. The third kappa shape index (κ3) is 5.66. The summed E-state index contributed by atoms with van der Waals surface area (Å²) in [5.41, 5.74) is 13.0. The average molecular weight is 743 g/mol. The van der Waals surface area contributed by atoms with E-state index in [0.29, 0.717) is 5.82 Å². The molecule has 7 aromatic carbocycles. The van der Waals surface area contributed by atoms with Crippen LogP contribution in [0, 0.1) is 0 Å². The molecule has 58 heavy (non-hydrogen) atoms. The predicted octanol–water partition coefficient (Wildman–Crippen LogP) is 12.6. The van der Waals surface area contributed by atoms with Crippen molar-refractivity contribution in [3.63, 3.8) is 0 Å². The summed E-state index contributed by atoms with van der Waals surface area (Å²) in [6, 6.07) is 69.4. The van der Waals surface area contributed by atoms with Crippen LogP contribution in [0.1, 0.15) is 0 Å². The van der Waals surface area contributed by atoms with Crippen LogP contribution >= 0.6 is 0 Å². The molecule has 0 N–H and O–H groups in total. The molecule has 11 aromatic rings. The van der Waals surface area contributed by atoms with Gasteiger partial charge >= 0.3 is 0 Å². The van der Waals surface area contributed by atoms with Crippen molar-refractivity contribution in [2.75, 3.05) is 0 Å². The van der Waals surface area contributed by atoms with Crippen LogP contribution < -0.4 is 0 Å². The van der Waals surface area contributed by atoms with Gasteiger partial charge in [-0.15, -0.1) is 0 Å². The Labute approximate surface area is 335 Å². The number of para-hydroxylation sites is 1. The highest BCUT2D eigenvalue weighted by molar-refractivity contribution is 6.06. The maximum atomic E-state index is 5.33. The first-order valence-electron chi connectivity index (χ1n) is 19.4. The number of imidazole rings is 1. The van der Waals surface area contributed by atoms with Crippen molar-refractivity contribution < 1.29 is 0 Å². The summed E-state index contributed by atoms with van der Waals surface area (Å²) in [5, 5.41) is 2.22. The van der Waals surface area contributed by atoms with Gasteiger partial charge in [-0.1, -0.05) is 176 Å². The molecule has 6 nitrogen and oxygen atoms in total. The summed E-state index contributed by atoms with van der Waals surface area (Å²) >= 11 is 0. The molecule has 0 radical (unpaired) electrons. The Kier molecular flexibility index (Phi) is 8.04. The number of fused-ring (bicyclic) bond motifs is 4. The van der Waals surface area contributed by atoms with Crippen LogP contribution in [-0.4, -0.2) is 28.9 Å². The first kappa shape index (κ1) is 33.4. The fourth-order valence-electron chi connectivity index (χ4n) is 8.10. The molecule has 0 atom stereocenters. The summed E-state index contributed by atoms with van der Waals surface area (Å²) < 4.78 is 4.38. The lowest BCUT2D eigenvalue weighted by Crippen LogP contribution is -2.03. The highest BCUT2D eigenvalue weighted by atomic mass is 15.1. The van der Waals surface area contributed by atoms with E-state index in [1.807, 2.05) is 42.6 Å². The molecule has 0 saturated carbocycles. The molecule has 0 unspecified atom stereocenters. The van der Waals surface area contributed by atoms with Crippen molar-refractivity contribution in [3.8, 4) is 73.4 Å². The molecule has 6 heteroatoms. The monoisotopic (exact) mass is 742 g/mol. The van der Waals surface area contributed by atoms with Crippen molar-refractivity contribution in [2.45, 2.75) is 0 Å². The number of rotatable bonds is 7. The standard InChI is InChI=1S/C52H34N6/c1-5-16-36(17-6-1)43-32-33-53-52-46(43)54-49(57(52)42-24-11-4-12-25-42)39-30-28-35(29-31-39)40-22-15-23-41(34-40)48-55-50(38-20-9-3-10-21-38)58-47(37-18-7-2-8-19-37)44-26-13-14-27-45(44)51(58)56-48/h1-34H. The zero-order chi connectivity index (χ0) is 38.4. The minimum atomic E-state index is 0.672. The van der Waals surface area contributed by atoms with E-state index in [0.717, 1.165) is 95.1 Å². The van der Waals surface area contributed by atoms with Crippen LogP contribution in [0.2, 0.25) is 0 Å².